The molecule has 1 aliphatic heterocycles. The van der Waals surface area contributed by atoms with Crippen molar-refractivity contribution in [3.8, 4) is 0 Å². The summed E-state index contributed by atoms with van der Waals surface area (Å²) in [5.41, 5.74) is 2.44. The highest BCUT2D eigenvalue weighted by Gasteiger charge is 2.28. The normalized spacial score (nSPS) is 20.0. The van der Waals surface area contributed by atoms with Gasteiger partial charge >= 0.3 is 0 Å². The van der Waals surface area contributed by atoms with Gasteiger partial charge in [0, 0.05) is 25.8 Å². The van der Waals surface area contributed by atoms with Crippen LogP contribution in [-0.2, 0) is 17.9 Å². The maximum Gasteiger partial charge on any atom is 0.0833 e. The Hall–Kier alpha value is -1.65. The molecule has 0 N–H and O–H groups in total. The maximum absolute atomic E-state index is 5.95. The second kappa shape index (κ2) is 6.85. The lowest BCUT2D eigenvalue weighted by Crippen LogP contribution is -2.51. The predicted molar refractivity (Wildman–Crippen MR) is 90.0 cm³/mol. The molecular weight excluding hydrogens is 286 g/mol. The number of rotatable bonds is 6. The second-order valence-electron chi connectivity index (χ2n) is 6.84. The van der Waals surface area contributed by atoms with Gasteiger partial charge in [-0.15, -0.1) is 0 Å². The van der Waals surface area contributed by atoms with E-state index in [2.05, 4.69) is 46.1 Å². The third-order valence-corrected chi connectivity index (χ3v) is 5.00. The predicted octanol–water partition coefficient (Wildman–Crippen LogP) is 3.40. The second-order valence-corrected chi connectivity index (χ2v) is 6.84. The number of hydrogen-bond donors (Lipinski definition) is 0. The van der Waals surface area contributed by atoms with Gasteiger partial charge in [-0.2, -0.15) is 5.10 Å². The van der Waals surface area contributed by atoms with Crippen molar-refractivity contribution < 1.29 is 4.74 Å². The smallest absolute Gasteiger partial charge is 0.0833 e. The van der Waals surface area contributed by atoms with Gasteiger partial charge in [0.25, 0.3) is 0 Å². The lowest BCUT2D eigenvalue weighted by Gasteiger charge is -2.38. The summed E-state index contributed by atoms with van der Waals surface area (Å²) < 4.78 is 8.14. The highest BCUT2D eigenvalue weighted by molar-refractivity contribution is 5.13. The number of benzene rings is 1. The fourth-order valence-corrected chi connectivity index (χ4v) is 3.61. The van der Waals surface area contributed by atoms with Crippen molar-refractivity contribution in [3.63, 3.8) is 0 Å². The van der Waals surface area contributed by atoms with Crippen molar-refractivity contribution in [2.75, 3.05) is 13.1 Å². The minimum atomic E-state index is 0.368. The van der Waals surface area contributed by atoms with Crippen LogP contribution in [0.4, 0.5) is 0 Å². The molecule has 2 heterocycles. The van der Waals surface area contributed by atoms with Crippen LogP contribution in [0.3, 0.4) is 0 Å². The van der Waals surface area contributed by atoms with Crippen molar-refractivity contribution >= 4 is 0 Å². The van der Waals surface area contributed by atoms with Gasteiger partial charge < -0.3 is 4.74 Å². The summed E-state index contributed by atoms with van der Waals surface area (Å²) in [7, 11) is 0. The molecule has 1 saturated heterocycles. The Morgan fingerprint density at radius 2 is 1.83 bits per heavy atom. The third-order valence-electron chi connectivity index (χ3n) is 5.00. The van der Waals surface area contributed by atoms with Crippen molar-refractivity contribution in [2.24, 2.45) is 0 Å². The molecule has 2 fully saturated rings. The highest BCUT2D eigenvalue weighted by Crippen LogP contribution is 2.29. The van der Waals surface area contributed by atoms with E-state index in [4.69, 9.17) is 9.84 Å². The number of hydrogen-bond acceptors (Lipinski definition) is 3. The number of aromatic nitrogens is 2. The molecule has 1 saturated carbocycles. The van der Waals surface area contributed by atoms with E-state index in [-0.39, 0.29) is 0 Å². The maximum atomic E-state index is 5.95. The van der Waals surface area contributed by atoms with Gasteiger partial charge in [0.05, 0.1) is 24.4 Å². The lowest BCUT2D eigenvalue weighted by atomic mass is 10.1. The van der Waals surface area contributed by atoms with Crippen LogP contribution < -0.4 is 0 Å². The van der Waals surface area contributed by atoms with E-state index in [0.29, 0.717) is 12.1 Å². The topological polar surface area (TPSA) is 30.3 Å². The highest BCUT2D eigenvalue weighted by atomic mass is 16.5. The molecule has 122 valence electrons. The van der Waals surface area contributed by atoms with Crippen LogP contribution in [0.5, 0.6) is 0 Å². The van der Waals surface area contributed by atoms with E-state index in [0.717, 1.165) is 26.2 Å². The molecule has 0 atom stereocenters. The molecule has 23 heavy (non-hydrogen) atoms. The molecule has 0 unspecified atom stereocenters. The van der Waals surface area contributed by atoms with Gasteiger partial charge in [-0.05, 0) is 24.5 Å². The van der Waals surface area contributed by atoms with Crippen LogP contribution in [0.2, 0.25) is 0 Å². The first-order chi connectivity index (χ1) is 11.4. The van der Waals surface area contributed by atoms with Gasteiger partial charge in [-0.3, -0.25) is 9.58 Å². The summed E-state index contributed by atoms with van der Waals surface area (Å²) in [6, 6.07) is 13.2. The standard InChI is InChI=1S/C19H25N3O/c1-2-6-16(7-3-1)15-23-19-13-21(14-19)12-17-10-11-22(20-17)18-8-4-5-9-18/h1-3,6-7,10-11,18-19H,4-5,8-9,12-15H2. The Morgan fingerprint density at radius 3 is 2.61 bits per heavy atom. The first-order valence-corrected chi connectivity index (χ1v) is 8.79. The van der Waals surface area contributed by atoms with Gasteiger partial charge in [0.2, 0.25) is 0 Å². The van der Waals surface area contributed by atoms with E-state index in [1.165, 1.54) is 36.9 Å². The van der Waals surface area contributed by atoms with Crippen LogP contribution in [-0.4, -0.2) is 33.9 Å². The van der Waals surface area contributed by atoms with Gasteiger partial charge in [0.15, 0.2) is 0 Å². The zero-order chi connectivity index (χ0) is 15.5. The van der Waals surface area contributed by atoms with E-state index >= 15 is 0 Å². The van der Waals surface area contributed by atoms with Crippen LogP contribution in [0.1, 0.15) is 43.0 Å². The summed E-state index contributed by atoms with van der Waals surface area (Å²) in [6.45, 7) is 3.70. The van der Waals surface area contributed by atoms with E-state index in [1.807, 2.05) is 6.07 Å². The Morgan fingerprint density at radius 1 is 1.04 bits per heavy atom. The fourth-order valence-electron chi connectivity index (χ4n) is 3.61. The Kier molecular flexibility index (Phi) is 4.44. The summed E-state index contributed by atoms with van der Waals surface area (Å²) in [4.78, 5) is 2.41. The molecule has 0 bridgehead atoms. The quantitative estimate of drug-likeness (QED) is 0.819. The first-order valence-electron chi connectivity index (χ1n) is 8.79. The largest absolute Gasteiger partial charge is 0.371 e. The van der Waals surface area contributed by atoms with E-state index < -0.39 is 0 Å². The van der Waals surface area contributed by atoms with E-state index in [1.54, 1.807) is 0 Å². The Balaban J connectivity index is 1.20. The summed E-state index contributed by atoms with van der Waals surface area (Å²) in [5.74, 6) is 0. The van der Waals surface area contributed by atoms with Crippen molar-refractivity contribution in [2.45, 2.75) is 51.0 Å². The molecule has 0 amide bonds. The summed E-state index contributed by atoms with van der Waals surface area (Å²) in [5, 5.41) is 4.77. The van der Waals surface area contributed by atoms with E-state index in [9.17, 15) is 0 Å². The molecular formula is C19H25N3O. The zero-order valence-corrected chi connectivity index (χ0v) is 13.6. The number of ether oxygens (including phenoxy) is 1. The summed E-state index contributed by atoms with van der Waals surface area (Å²) >= 11 is 0. The van der Waals surface area contributed by atoms with Gasteiger partial charge in [0.1, 0.15) is 0 Å². The van der Waals surface area contributed by atoms with Crippen molar-refractivity contribution in [3.05, 3.63) is 53.9 Å². The van der Waals surface area contributed by atoms with Crippen LogP contribution in [0.15, 0.2) is 42.6 Å². The minimum Gasteiger partial charge on any atom is -0.371 e. The molecule has 1 aliphatic carbocycles. The minimum absolute atomic E-state index is 0.368. The molecule has 1 aromatic heterocycles. The number of likely N-dealkylation sites (tertiary alicyclic amines) is 1. The van der Waals surface area contributed by atoms with Crippen molar-refractivity contribution in [1.82, 2.24) is 14.7 Å². The Bertz CT molecular complexity index is 613. The summed E-state index contributed by atoms with van der Waals surface area (Å²) in [6.07, 6.45) is 7.82. The zero-order valence-electron chi connectivity index (χ0n) is 13.6. The SMILES string of the molecule is c1ccc(COC2CN(Cc3ccn(C4CCCC4)n3)C2)cc1. The molecule has 2 aromatic rings. The lowest BCUT2D eigenvalue weighted by molar-refractivity contribution is -0.0663. The van der Waals surface area contributed by atoms with Crippen LogP contribution in [0.25, 0.3) is 0 Å². The molecule has 1 aromatic carbocycles. The average Bonchev–Trinajstić information content (AvgIpc) is 3.21. The molecule has 2 aliphatic rings. The molecule has 0 spiro atoms. The fraction of sp³-hybridized carbons (Fsp3) is 0.526. The van der Waals surface area contributed by atoms with Crippen LogP contribution in [0, 0.1) is 0 Å². The Labute approximate surface area is 138 Å². The average molecular weight is 311 g/mol. The molecule has 4 heteroatoms. The molecule has 4 rings (SSSR count). The van der Waals surface area contributed by atoms with Gasteiger partial charge in [-0.25, -0.2) is 0 Å². The first kappa shape index (κ1) is 14.9. The van der Waals surface area contributed by atoms with Crippen LogP contribution >= 0.6 is 0 Å². The monoisotopic (exact) mass is 311 g/mol. The van der Waals surface area contributed by atoms with Gasteiger partial charge in [-0.1, -0.05) is 43.2 Å². The number of nitrogens with zero attached hydrogens (tertiary/aromatic N) is 3. The third kappa shape index (κ3) is 3.65. The van der Waals surface area contributed by atoms with Crippen molar-refractivity contribution in [1.29, 1.82) is 0 Å². The molecule has 0 radical (unpaired) electrons. The molecule has 4 nitrogen and oxygen atoms in total.